The lowest BCUT2D eigenvalue weighted by Crippen LogP contribution is -2.46. The first kappa shape index (κ1) is 30.5. The standard InChI is InChI=1S/C35H41NO7S/c1-22-8-12-28(13-9-22)44(38,39)42-21-24-19-32-31-14-10-23-18-27(41-4)11-15-29(23)30(31)16-17-35(32,2)33(24)43-34(37)36-25-6-5-7-26(20-25)40-3/h5-9,11-13,15,18,20,24,30-33H,10,14,16-17,19,21H2,1-4H3,(H,36,37)/t24-,30-,31-,32+,33+,35+/m1/s1. The summed E-state index contributed by atoms with van der Waals surface area (Å²) in [6, 6.07) is 20.2. The Balaban J connectivity index is 1.26. The van der Waals surface area contributed by atoms with Crippen LogP contribution in [-0.4, -0.2) is 41.4 Å². The fraction of sp³-hybridized carbons (Fsp3) is 0.457. The van der Waals surface area contributed by atoms with Crippen molar-refractivity contribution in [2.45, 2.75) is 62.9 Å². The molecule has 0 spiro atoms. The van der Waals surface area contributed by atoms with Crippen LogP contribution in [0, 0.1) is 30.1 Å². The molecular formula is C35H41NO7S. The summed E-state index contributed by atoms with van der Waals surface area (Å²) in [6.07, 6.45) is 3.48. The summed E-state index contributed by atoms with van der Waals surface area (Å²) in [5, 5.41) is 2.85. The summed E-state index contributed by atoms with van der Waals surface area (Å²) in [5.41, 5.74) is 3.94. The SMILES string of the molecule is COc1cccc(NC(=O)O[C@H]2[C@@H](COS(=O)(=O)c3ccc(C)cc3)C[C@H]3[C@@H]4CCc5cc(OC)ccc5[C@H]4CC[C@@]32C)c1. The maximum absolute atomic E-state index is 13.3. The minimum atomic E-state index is -3.98. The van der Waals surface area contributed by atoms with Gasteiger partial charge in [0.25, 0.3) is 10.1 Å². The quantitative estimate of drug-likeness (QED) is 0.268. The van der Waals surface area contributed by atoms with Crippen molar-refractivity contribution in [1.29, 1.82) is 0 Å². The van der Waals surface area contributed by atoms with Crippen LogP contribution in [0.4, 0.5) is 10.5 Å². The number of carbonyl (C=O) groups excluding carboxylic acids is 1. The number of aryl methyl sites for hydroxylation is 2. The predicted octanol–water partition coefficient (Wildman–Crippen LogP) is 7.12. The number of nitrogens with one attached hydrogen (secondary N) is 1. The van der Waals surface area contributed by atoms with Crippen molar-refractivity contribution in [3.63, 3.8) is 0 Å². The molecule has 0 heterocycles. The molecule has 3 aliphatic carbocycles. The van der Waals surface area contributed by atoms with E-state index in [1.54, 1.807) is 62.8 Å². The molecule has 8 nitrogen and oxygen atoms in total. The third-order valence-corrected chi connectivity index (χ3v) is 11.6. The van der Waals surface area contributed by atoms with Gasteiger partial charge >= 0.3 is 6.09 Å². The Morgan fingerprint density at radius 1 is 0.977 bits per heavy atom. The molecule has 0 radical (unpaired) electrons. The van der Waals surface area contributed by atoms with Gasteiger partial charge in [0.05, 0.1) is 25.7 Å². The Bertz CT molecular complexity index is 1620. The van der Waals surface area contributed by atoms with E-state index in [-0.39, 0.29) is 28.8 Å². The summed E-state index contributed by atoms with van der Waals surface area (Å²) in [7, 11) is -0.707. The van der Waals surface area contributed by atoms with E-state index in [4.69, 9.17) is 18.4 Å². The second kappa shape index (κ2) is 12.1. The Morgan fingerprint density at radius 3 is 2.48 bits per heavy atom. The van der Waals surface area contributed by atoms with Crippen molar-refractivity contribution >= 4 is 21.9 Å². The summed E-state index contributed by atoms with van der Waals surface area (Å²) in [4.78, 5) is 13.5. The molecule has 9 heteroatoms. The number of anilines is 1. The molecule has 2 fully saturated rings. The van der Waals surface area contributed by atoms with Crippen molar-refractivity contribution in [1.82, 2.24) is 0 Å². The number of rotatable bonds is 8. The van der Waals surface area contributed by atoms with E-state index in [9.17, 15) is 13.2 Å². The van der Waals surface area contributed by atoms with E-state index in [0.29, 0.717) is 23.3 Å². The van der Waals surface area contributed by atoms with Crippen molar-refractivity contribution in [2.24, 2.45) is 23.2 Å². The molecule has 1 amide bonds. The summed E-state index contributed by atoms with van der Waals surface area (Å²) >= 11 is 0. The lowest BCUT2D eigenvalue weighted by Gasteiger charge is -2.50. The molecule has 1 N–H and O–H groups in total. The molecule has 44 heavy (non-hydrogen) atoms. The van der Waals surface area contributed by atoms with Gasteiger partial charge in [-0.3, -0.25) is 9.50 Å². The highest BCUT2D eigenvalue weighted by Gasteiger charge is 2.60. The van der Waals surface area contributed by atoms with Gasteiger partial charge in [-0.2, -0.15) is 8.42 Å². The van der Waals surface area contributed by atoms with Gasteiger partial charge in [0.1, 0.15) is 17.6 Å². The van der Waals surface area contributed by atoms with Crippen LogP contribution in [0.2, 0.25) is 0 Å². The Kier molecular flexibility index (Phi) is 8.37. The smallest absolute Gasteiger partial charge is 0.411 e. The van der Waals surface area contributed by atoms with E-state index in [2.05, 4.69) is 24.4 Å². The Morgan fingerprint density at radius 2 is 1.73 bits per heavy atom. The van der Waals surface area contributed by atoms with Crippen LogP contribution in [0.15, 0.2) is 71.6 Å². The van der Waals surface area contributed by atoms with Gasteiger partial charge in [0.15, 0.2) is 0 Å². The second-order valence-corrected chi connectivity index (χ2v) is 14.4. The van der Waals surface area contributed by atoms with Crippen molar-refractivity contribution in [3.05, 3.63) is 83.4 Å². The van der Waals surface area contributed by atoms with Gasteiger partial charge in [-0.1, -0.05) is 36.8 Å². The van der Waals surface area contributed by atoms with Gasteiger partial charge in [0.2, 0.25) is 0 Å². The average molecular weight is 620 g/mol. The van der Waals surface area contributed by atoms with Gasteiger partial charge in [-0.15, -0.1) is 0 Å². The molecule has 0 saturated heterocycles. The minimum absolute atomic E-state index is 0.0510. The van der Waals surface area contributed by atoms with Crippen molar-refractivity contribution in [3.8, 4) is 11.5 Å². The van der Waals surface area contributed by atoms with Crippen molar-refractivity contribution in [2.75, 3.05) is 26.1 Å². The van der Waals surface area contributed by atoms with Crippen LogP contribution in [-0.2, 0) is 25.5 Å². The van der Waals surface area contributed by atoms with E-state index in [0.717, 1.165) is 43.4 Å². The van der Waals surface area contributed by atoms with Gasteiger partial charge < -0.3 is 14.2 Å². The highest BCUT2D eigenvalue weighted by Crippen LogP contribution is 2.63. The lowest BCUT2D eigenvalue weighted by atomic mass is 9.55. The third kappa shape index (κ3) is 5.79. The number of carbonyl (C=O) groups is 1. The van der Waals surface area contributed by atoms with E-state index in [1.165, 1.54) is 11.1 Å². The summed E-state index contributed by atoms with van der Waals surface area (Å²) in [6.45, 7) is 4.07. The predicted molar refractivity (Wildman–Crippen MR) is 168 cm³/mol. The fourth-order valence-electron chi connectivity index (χ4n) is 8.12. The zero-order valence-corrected chi connectivity index (χ0v) is 26.6. The third-order valence-electron chi connectivity index (χ3n) is 10.3. The van der Waals surface area contributed by atoms with Crippen molar-refractivity contribution < 1.29 is 31.6 Å². The van der Waals surface area contributed by atoms with Gasteiger partial charge in [-0.05, 0) is 104 Å². The number of methoxy groups -OCH3 is 2. The number of amides is 1. The monoisotopic (exact) mass is 619 g/mol. The van der Waals surface area contributed by atoms with Crippen LogP contribution in [0.5, 0.6) is 11.5 Å². The summed E-state index contributed by atoms with van der Waals surface area (Å²) in [5.74, 6) is 2.29. The maximum atomic E-state index is 13.3. The van der Waals surface area contributed by atoms with Crippen LogP contribution < -0.4 is 14.8 Å². The molecule has 6 atom stereocenters. The minimum Gasteiger partial charge on any atom is -0.497 e. The zero-order chi connectivity index (χ0) is 31.1. The van der Waals surface area contributed by atoms with E-state index < -0.39 is 22.3 Å². The van der Waals surface area contributed by atoms with Crippen LogP contribution in [0.3, 0.4) is 0 Å². The fourth-order valence-corrected chi connectivity index (χ4v) is 9.08. The number of ether oxygens (including phenoxy) is 3. The topological polar surface area (TPSA) is 100 Å². The number of hydrogen-bond donors (Lipinski definition) is 1. The number of fused-ring (bicyclic) bond motifs is 5. The molecule has 234 valence electrons. The number of benzene rings is 3. The molecule has 6 rings (SSSR count). The van der Waals surface area contributed by atoms with E-state index in [1.807, 2.05) is 13.0 Å². The van der Waals surface area contributed by atoms with E-state index >= 15 is 0 Å². The zero-order valence-electron chi connectivity index (χ0n) is 25.7. The van der Waals surface area contributed by atoms with Crippen LogP contribution in [0.1, 0.15) is 55.2 Å². The van der Waals surface area contributed by atoms with Gasteiger partial charge in [0, 0.05) is 23.1 Å². The molecule has 2 saturated carbocycles. The summed E-state index contributed by atoms with van der Waals surface area (Å²) < 4.78 is 49.1. The molecule has 3 aromatic carbocycles. The molecular weight excluding hydrogens is 578 g/mol. The first-order valence-corrected chi connectivity index (χ1v) is 16.8. The largest absolute Gasteiger partial charge is 0.497 e. The molecule has 3 aliphatic rings. The highest BCUT2D eigenvalue weighted by molar-refractivity contribution is 7.86. The lowest BCUT2D eigenvalue weighted by molar-refractivity contribution is -0.0414. The molecule has 0 bridgehead atoms. The van der Waals surface area contributed by atoms with Gasteiger partial charge in [-0.25, -0.2) is 4.79 Å². The van der Waals surface area contributed by atoms with Crippen LogP contribution in [0.25, 0.3) is 0 Å². The molecule has 0 aromatic heterocycles. The first-order valence-electron chi connectivity index (χ1n) is 15.4. The van der Waals surface area contributed by atoms with Crippen LogP contribution >= 0.6 is 0 Å². The Labute approximate surface area is 260 Å². The normalized spacial score (nSPS) is 27.4. The number of hydrogen-bond acceptors (Lipinski definition) is 7. The molecule has 0 aliphatic heterocycles. The maximum Gasteiger partial charge on any atom is 0.411 e. The Hall–Kier alpha value is -3.56. The molecule has 0 unspecified atom stereocenters. The molecule has 3 aromatic rings. The average Bonchev–Trinajstić information content (AvgIpc) is 3.30. The highest BCUT2D eigenvalue weighted by atomic mass is 32.2. The second-order valence-electron chi connectivity index (χ2n) is 12.8. The first-order chi connectivity index (χ1) is 21.1.